The zero-order valence-corrected chi connectivity index (χ0v) is 61.6. The van der Waals surface area contributed by atoms with Crippen LogP contribution in [0.1, 0.15) is 444 Å². The lowest BCUT2D eigenvalue weighted by atomic mass is 10.0. The molecular formula is C81H160NO8+. The second-order valence-corrected chi connectivity index (χ2v) is 29.5. The van der Waals surface area contributed by atoms with E-state index in [4.69, 9.17) is 18.9 Å². The Hall–Kier alpha value is -1.71. The van der Waals surface area contributed by atoms with E-state index >= 15 is 0 Å². The van der Waals surface area contributed by atoms with Crippen LogP contribution in [0.5, 0.6) is 0 Å². The number of nitrogens with zero attached hydrogens (tertiary/aromatic N) is 1. The van der Waals surface area contributed by atoms with Gasteiger partial charge in [0.05, 0.1) is 34.4 Å². The summed E-state index contributed by atoms with van der Waals surface area (Å²) in [5, 5.41) is 9.77. The minimum atomic E-state index is -1.51. The SMILES string of the molecule is CCCCCCCCCCCCCCCCCCCCCCCCCCCCCCCCCCCCCCCCCCCC(=O)OC(COC(=O)CCCCCCCCCCCCCCCCCCCCCCCCCC)COC(OCC[N+](C)(C)C)C(=O)O. The number of quaternary nitrogens is 1. The fourth-order valence-electron chi connectivity index (χ4n) is 12.9. The van der Waals surface area contributed by atoms with Gasteiger partial charge < -0.3 is 28.5 Å². The van der Waals surface area contributed by atoms with Crippen LogP contribution >= 0.6 is 0 Å². The van der Waals surface area contributed by atoms with Crippen molar-refractivity contribution in [1.82, 2.24) is 0 Å². The smallest absolute Gasteiger partial charge is 0.361 e. The summed E-state index contributed by atoms with van der Waals surface area (Å²) in [5.74, 6) is -1.96. The summed E-state index contributed by atoms with van der Waals surface area (Å²) in [6.45, 7) is 4.98. The van der Waals surface area contributed by atoms with Gasteiger partial charge in [-0.15, -0.1) is 0 Å². The van der Waals surface area contributed by atoms with Crippen molar-refractivity contribution in [2.75, 3.05) is 47.5 Å². The van der Waals surface area contributed by atoms with Gasteiger partial charge in [-0.25, -0.2) is 4.79 Å². The first kappa shape index (κ1) is 88.3. The molecule has 2 atom stereocenters. The highest BCUT2D eigenvalue weighted by atomic mass is 16.7. The van der Waals surface area contributed by atoms with Gasteiger partial charge in [0.15, 0.2) is 6.10 Å². The molecule has 9 nitrogen and oxygen atoms in total. The Morgan fingerprint density at radius 2 is 0.500 bits per heavy atom. The molecular weight excluding hydrogens is 1110 g/mol. The lowest BCUT2D eigenvalue weighted by Crippen LogP contribution is -2.40. The van der Waals surface area contributed by atoms with Gasteiger partial charge in [0.2, 0.25) is 0 Å². The van der Waals surface area contributed by atoms with Gasteiger partial charge in [0.1, 0.15) is 13.2 Å². The molecule has 0 aliphatic heterocycles. The van der Waals surface area contributed by atoms with Gasteiger partial charge in [-0.2, -0.15) is 0 Å². The Labute approximate surface area is 562 Å². The topological polar surface area (TPSA) is 108 Å². The summed E-state index contributed by atoms with van der Waals surface area (Å²) in [6, 6.07) is 0. The van der Waals surface area contributed by atoms with Crippen LogP contribution in [0.25, 0.3) is 0 Å². The van der Waals surface area contributed by atoms with Gasteiger partial charge in [-0.3, -0.25) is 9.59 Å². The maximum Gasteiger partial charge on any atom is 0.361 e. The van der Waals surface area contributed by atoms with Crippen LogP contribution in [0.15, 0.2) is 0 Å². The van der Waals surface area contributed by atoms with Gasteiger partial charge in [-0.1, -0.05) is 418 Å². The molecule has 0 fully saturated rings. The zero-order valence-electron chi connectivity index (χ0n) is 61.6. The highest BCUT2D eigenvalue weighted by Crippen LogP contribution is 2.21. The van der Waals surface area contributed by atoms with E-state index in [2.05, 4.69) is 13.8 Å². The highest BCUT2D eigenvalue weighted by Gasteiger charge is 2.25. The molecule has 1 N–H and O–H groups in total. The summed E-state index contributed by atoms with van der Waals surface area (Å²) in [6.07, 6.45) is 87.1. The summed E-state index contributed by atoms with van der Waals surface area (Å²) in [5.41, 5.74) is 0. The predicted octanol–water partition coefficient (Wildman–Crippen LogP) is 25.8. The van der Waals surface area contributed by atoms with Crippen LogP contribution in [0, 0.1) is 0 Å². The zero-order chi connectivity index (χ0) is 65.4. The van der Waals surface area contributed by atoms with Crippen LogP contribution in [0.4, 0.5) is 0 Å². The molecule has 0 aliphatic carbocycles. The fraction of sp³-hybridized carbons (Fsp3) is 0.963. The number of hydrogen-bond donors (Lipinski definition) is 1. The number of carbonyl (C=O) groups excluding carboxylic acids is 2. The maximum absolute atomic E-state index is 13.0. The average molecular weight is 1280 g/mol. The minimum absolute atomic E-state index is 0.172. The third-order valence-corrected chi connectivity index (χ3v) is 19.1. The van der Waals surface area contributed by atoms with Crippen molar-refractivity contribution < 1.29 is 42.9 Å². The Morgan fingerprint density at radius 3 is 0.711 bits per heavy atom. The van der Waals surface area contributed by atoms with Crippen molar-refractivity contribution in [2.24, 2.45) is 0 Å². The molecule has 90 heavy (non-hydrogen) atoms. The molecule has 0 radical (unpaired) electrons. The van der Waals surface area contributed by atoms with Gasteiger partial charge in [0.25, 0.3) is 6.29 Å². The molecule has 0 aromatic carbocycles. The van der Waals surface area contributed by atoms with Crippen LogP contribution < -0.4 is 0 Å². The number of esters is 2. The quantitative estimate of drug-likeness (QED) is 0.0278. The van der Waals surface area contributed by atoms with E-state index in [0.29, 0.717) is 17.4 Å². The van der Waals surface area contributed by atoms with Crippen LogP contribution in [-0.2, 0) is 33.3 Å². The fourth-order valence-corrected chi connectivity index (χ4v) is 12.9. The van der Waals surface area contributed by atoms with Crippen LogP contribution in [0.3, 0.4) is 0 Å². The molecule has 2 unspecified atom stereocenters. The number of unbranched alkanes of at least 4 members (excludes halogenated alkanes) is 63. The molecule has 0 amide bonds. The first-order chi connectivity index (χ1) is 44.1. The van der Waals surface area contributed by atoms with Crippen LogP contribution in [-0.4, -0.2) is 87.4 Å². The van der Waals surface area contributed by atoms with E-state index in [1.165, 1.54) is 379 Å². The number of likely N-dealkylation sites (N-methyl/N-ethyl adjacent to an activating group) is 1. The van der Waals surface area contributed by atoms with Crippen molar-refractivity contribution in [3.05, 3.63) is 0 Å². The van der Waals surface area contributed by atoms with Gasteiger partial charge in [-0.05, 0) is 12.8 Å². The van der Waals surface area contributed by atoms with Crippen molar-refractivity contribution in [2.45, 2.75) is 456 Å². The summed E-state index contributed by atoms with van der Waals surface area (Å²) in [7, 11) is 6.00. The maximum atomic E-state index is 13.0. The average Bonchev–Trinajstić information content (AvgIpc) is 3.73. The van der Waals surface area contributed by atoms with E-state index in [-0.39, 0.29) is 38.2 Å². The van der Waals surface area contributed by atoms with E-state index in [1.807, 2.05) is 21.1 Å². The first-order valence-corrected chi connectivity index (χ1v) is 40.7. The van der Waals surface area contributed by atoms with Crippen molar-refractivity contribution in [1.29, 1.82) is 0 Å². The number of carboxylic acids is 1. The summed E-state index contributed by atoms with van der Waals surface area (Å²) < 4.78 is 23.1. The normalized spacial score (nSPS) is 12.5. The Bertz CT molecular complexity index is 1440. The Kier molecular flexibility index (Phi) is 71.7. The van der Waals surface area contributed by atoms with Gasteiger partial charge in [0, 0.05) is 12.8 Å². The monoisotopic (exact) mass is 1280 g/mol. The number of carboxylic acid groups (broad SMARTS) is 1. The van der Waals surface area contributed by atoms with E-state index in [1.54, 1.807) is 0 Å². The molecule has 0 rings (SSSR count). The number of rotatable bonds is 78. The molecule has 0 aromatic rings. The number of aliphatic carboxylic acids is 1. The molecule has 0 spiro atoms. The van der Waals surface area contributed by atoms with Gasteiger partial charge >= 0.3 is 17.9 Å². The third-order valence-electron chi connectivity index (χ3n) is 19.1. The molecule has 536 valence electrons. The van der Waals surface area contributed by atoms with Crippen molar-refractivity contribution in [3.63, 3.8) is 0 Å². The molecule has 0 heterocycles. The standard InChI is InChI=1S/C81H159NO8/c1-6-8-10-12-14-16-18-20-22-24-26-28-30-32-33-34-35-36-37-38-39-40-41-42-43-44-45-46-47-48-50-52-54-56-58-60-62-64-66-68-70-72-79(84)90-77(76-89-81(80(85)86)87-74-73-82(3,4)5)75-88-78(83)71-69-67-65-63-61-59-57-55-53-51-49-31-29-27-25-23-21-19-17-15-13-11-9-7-2/h77,81H,6-76H2,1-5H3/p+1. The molecule has 9 heteroatoms. The second-order valence-electron chi connectivity index (χ2n) is 29.5. The number of ether oxygens (including phenoxy) is 4. The predicted molar refractivity (Wildman–Crippen MR) is 388 cm³/mol. The number of hydrogen-bond acceptors (Lipinski definition) is 7. The molecule has 0 aliphatic rings. The molecule has 0 saturated heterocycles. The first-order valence-electron chi connectivity index (χ1n) is 40.7. The third kappa shape index (κ3) is 73.7. The van der Waals surface area contributed by atoms with Crippen molar-refractivity contribution >= 4 is 17.9 Å². The Balaban J connectivity index is 3.89. The summed E-state index contributed by atoms with van der Waals surface area (Å²) in [4.78, 5) is 37.7. The van der Waals surface area contributed by atoms with Crippen LogP contribution in [0.2, 0.25) is 0 Å². The largest absolute Gasteiger partial charge is 0.477 e. The lowest BCUT2D eigenvalue weighted by Gasteiger charge is -2.25. The van der Waals surface area contributed by atoms with E-state index in [9.17, 15) is 19.5 Å². The Morgan fingerprint density at radius 1 is 0.289 bits per heavy atom. The lowest BCUT2D eigenvalue weighted by molar-refractivity contribution is -0.870. The molecule has 0 bridgehead atoms. The van der Waals surface area contributed by atoms with E-state index < -0.39 is 18.4 Å². The van der Waals surface area contributed by atoms with Crippen molar-refractivity contribution in [3.8, 4) is 0 Å². The summed E-state index contributed by atoms with van der Waals surface area (Å²) >= 11 is 0. The van der Waals surface area contributed by atoms with E-state index in [0.717, 1.165) is 38.5 Å². The highest BCUT2D eigenvalue weighted by molar-refractivity contribution is 5.71. The number of carbonyl (C=O) groups is 3. The second kappa shape index (κ2) is 73.1. The minimum Gasteiger partial charge on any atom is -0.477 e. The molecule has 0 saturated carbocycles. The molecule has 0 aromatic heterocycles.